The predicted molar refractivity (Wildman–Crippen MR) is 173 cm³/mol. The lowest BCUT2D eigenvalue weighted by Crippen LogP contribution is -2.72. The molecule has 0 spiro atoms. The maximum atomic E-state index is 3.16. The Morgan fingerprint density at radius 1 is 0.361 bits per heavy atom. The average molecular weight is 556 g/mol. The minimum atomic E-state index is -1.46. The molecule has 1 heterocycles. The van der Waals surface area contributed by atoms with E-state index in [0.717, 1.165) is 0 Å². The molecule has 0 aromatic carbocycles. The van der Waals surface area contributed by atoms with Gasteiger partial charge in [-0.3, -0.25) is 0 Å². The number of hydrogen-bond acceptors (Lipinski definition) is 3. The van der Waals surface area contributed by atoms with Crippen molar-refractivity contribution in [1.29, 1.82) is 0 Å². The van der Waals surface area contributed by atoms with Crippen molar-refractivity contribution in [3.8, 4) is 0 Å². The van der Waals surface area contributed by atoms with Crippen LogP contribution in [0.5, 0.6) is 0 Å². The molecule has 0 aromatic rings. The first kappa shape index (κ1) is 34.6. The normalized spacial score (nSPS) is 17.2. The van der Waals surface area contributed by atoms with Gasteiger partial charge >= 0.3 is 0 Å². The van der Waals surface area contributed by atoms with E-state index >= 15 is 0 Å². The highest BCUT2D eigenvalue weighted by atomic mass is 28.3. The first-order chi connectivity index (χ1) is 17.2. The first-order valence-corrected chi connectivity index (χ1v) is 25.0. The van der Waals surface area contributed by atoms with Crippen molar-refractivity contribution in [2.24, 2.45) is 0 Å². The molecule has 6 heteroatoms. The van der Waals surface area contributed by atoms with Gasteiger partial charge in [-0.1, -0.05) is 138 Å². The minimum absolute atomic E-state index is 1.30. The van der Waals surface area contributed by atoms with E-state index in [0.29, 0.717) is 0 Å². The standard InChI is InChI=1S/C30H69N3Si3/c1-10-16-22-34(7,23-17-11-2)31-28-32(35(8,24-18-12-3)25-19-13-4)30-33(29-31)36(9,26-20-14-5)27-21-15-6/h10-30H2,1-9H3. The third kappa shape index (κ3) is 10.6. The Hall–Kier alpha value is 0.531. The van der Waals surface area contributed by atoms with E-state index in [-0.39, 0.29) is 0 Å². The molecule has 0 radical (unpaired) electrons. The van der Waals surface area contributed by atoms with Crippen molar-refractivity contribution in [3.05, 3.63) is 0 Å². The summed E-state index contributed by atoms with van der Waals surface area (Å²) < 4.78 is 9.48. The number of hydrogen-bond donors (Lipinski definition) is 0. The second-order valence-corrected chi connectivity index (χ2v) is 27.0. The smallest absolute Gasteiger partial charge is 0.128 e. The Morgan fingerprint density at radius 2 is 0.528 bits per heavy atom. The Balaban J connectivity index is 3.45. The van der Waals surface area contributed by atoms with Crippen LogP contribution in [0.1, 0.15) is 119 Å². The van der Waals surface area contributed by atoms with E-state index in [2.05, 4.69) is 74.9 Å². The summed E-state index contributed by atoms with van der Waals surface area (Å²) >= 11 is 0. The second-order valence-electron chi connectivity index (χ2n) is 13.2. The maximum Gasteiger partial charge on any atom is 0.128 e. The summed E-state index contributed by atoms with van der Waals surface area (Å²) in [5, 5.41) is 0. The van der Waals surface area contributed by atoms with Gasteiger partial charge in [-0.15, -0.1) is 0 Å². The summed E-state index contributed by atoms with van der Waals surface area (Å²) in [5.74, 6) is 0. The highest BCUT2D eigenvalue weighted by molar-refractivity contribution is 6.78. The Kier molecular flexibility index (Phi) is 17.3. The second kappa shape index (κ2) is 18.0. The fourth-order valence-corrected chi connectivity index (χ4v) is 19.3. The molecule has 1 rings (SSSR count). The number of unbranched alkanes of at least 4 members (excludes halogenated alkanes) is 6. The topological polar surface area (TPSA) is 9.72 Å². The van der Waals surface area contributed by atoms with Crippen molar-refractivity contribution in [3.63, 3.8) is 0 Å². The zero-order valence-electron chi connectivity index (χ0n) is 26.7. The van der Waals surface area contributed by atoms with Crippen LogP contribution in [0, 0.1) is 0 Å². The predicted octanol–water partition coefficient (Wildman–Crippen LogP) is 10.3. The van der Waals surface area contributed by atoms with Gasteiger partial charge in [0.2, 0.25) is 0 Å². The van der Waals surface area contributed by atoms with Crippen molar-refractivity contribution < 1.29 is 0 Å². The van der Waals surface area contributed by atoms with Crippen LogP contribution in [0.25, 0.3) is 0 Å². The van der Waals surface area contributed by atoms with Gasteiger partial charge in [0.25, 0.3) is 0 Å². The summed E-state index contributed by atoms with van der Waals surface area (Å²) in [6.45, 7) is 26.7. The quantitative estimate of drug-likeness (QED) is 0.130. The van der Waals surface area contributed by atoms with Gasteiger partial charge in [0.1, 0.15) is 24.7 Å². The summed E-state index contributed by atoms with van der Waals surface area (Å²) in [5.41, 5.74) is 0. The van der Waals surface area contributed by atoms with E-state index in [1.54, 1.807) is 0 Å². The van der Waals surface area contributed by atoms with Gasteiger partial charge < -0.3 is 13.7 Å². The van der Waals surface area contributed by atoms with E-state index < -0.39 is 24.7 Å². The molecule has 0 atom stereocenters. The lowest BCUT2D eigenvalue weighted by Gasteiger charge is -2.58. The lowest BCUT2D eigenvalue weighted by molar-refractivity contribution is 0.101. The van der Waals surface area contributed by atoms with Gasteiger partial charge in [0.05, 0.1) is 0 Å². The number of rotatable bonds is 21. The van der Waals surface area contributed by atoms with Gasteiger partial charge in [0.15, 0.2) is 0 Å². The van der Waals surface area contributed by atoms with E-state index in [1.807, 2.05) is 0 Å². The zero-order chi connectivity index (χ0) is 27.1. The molecule has 1 aliphatic rings. The molecule has 0 aromatic heterocycles. The molecule has 1 saturated heterocycles. The van der Waals surface area contributed by atoms with Crippen LogP contribution in [0.2, 0.25) is 55.9 Å². The zero-order valence-corrected chi connectivity index (χ0v) is 29.7. The summed E-state index contributed by atoms with van der Waals surface area (Å²) in [4.78, 5) is 0. The Morgan fingerprint density at radius 3 is 0.667 bits per heavy atom. The molecule has 0 unspecified atom stereocenters. The van der Waals surface area contributed by atoms with E-state index in [1.165, 1.54) is 133 Å². The van der Waals surface area contributed by atoms with Crippen molar-refractivity contribution in [2.75, 3.05) is 20.0 Å². The molecule has 3 nitrogen and oxygen atoms in total. The summed E-state index contributed by atoms with van der Waals surface area (Å²) in [6.07, 6.45) is 16.7. The van der Waals surface area contributed by atoms with E-state index in [4.69, 9.17) is 0 Å². The lowest BCUT2D eigenvalue weighted by atomic mass is 10.4. The maximum absolute atomic E-state index is 3.16. The van der Waals surface area contributed by atoms with Crippen LogP contribution in [-0.4, -0.2) is 58.4 Å². The molecule has 0 aliphatic carbocycles. The Bertz CT molecular complexity index is 453. The number of nitrogens with zero attached hydrogens (tertiary/aromatic N) is 3. The fourth-order valence-electron chi connectivity index (χ4n) is 6.45. The fraction of sp³-hybridized carbons (Fsp3) is 1.00. The molecule has 0 N–H and O–H groups in total. The largest absolute Gasteiger partial charge is 0.300 e. The molecule has 1 aliphatic heterocycles. The van der Waals surface area contributed by atoms with Gasteiger partial charge in [-0.25, -0.2) is 0 Å². The summed E-state index contributed by atoms with van der Waals surface area (Å²) in [6, 6.07) is 9.06. The third-order valence-corrected chi connectivity index (χ3v) is 23.7. The van der Waals surface area contributed by atoms with Gasteiger partial charge in [-0.05, 0) is 36.3 Å². The molecular formula is C30H69N3Si3. The van der Waals surface area contributed by atoms with Crippen LogP contribution in [0.3, 0.4) is 0 Å². The van der Waals surface area contributed by atoms with Crippen LogP contribution < -0.4 is 0 Å². The highest BCUT2D eigenvalue weighted by Gasteiger charge is 2.47. The monoisotopic (exact) mass is 555 g/mol. The van der Waals surface area contributed by atoms with E-state index in [9.17, 15) is 0 Å². The van der Waals surface area contributed by atoms with Gasteiger partial charge in [-0.2, -0.15) is 0 Å². The van der Waals surface area contributed by atoms with Crippen LogP contribution in [0.4, 0.5) is 0 Å². The molecule has 0 saturated carbocycles. The van der Waals surface area contributed by atoms with Crippen LogP contribution >= 0.6 is 0 Å². The Labute approximate surface area is 232 Å². The van der Waals surface area contributed by atoms with Crippen molar-refractivity contribution >= 4 is 24.7 Å². The minimum Gasteiger partial charge on any atom is -0.300 e. The molecule has 1 fully saturated rings. The first-order valence-electron chi connectivity index (χ1n) is 16.4. The molecular weight excluding hydrogens is 487 g/mol. The SMILES string of the molecule is CCCC[Si](C)(CCCC)N1CN([Si](C)(CCCC)CCCC)CN([Si](C)(CCCC)CCCC)C1. The molecule has 216 valence electrons. The molecule has 0 amide bonds. The van der Waals surface area contributed by atoms with Crippen LogP contribution in [-0.2, 0) is 0 Å². The van der Waals surface area contributed by atoms with Gasteiger partial charge in [0, 0.05) is 20.0 Å². The molecule has 0 bridgehead atoms. The average Bonchev–Trinajstić information content (AvgIpc) is 2.90. The highest BCUT2D eigenvalue weighted by Crippen LogP contribution is 2.36. The third-order valence-electron chi connectivity index (χ3n) is 9.73. The van der Waals surface area contributed by atoms with Crippen molar-refractivity contribution in [1.82, 2.24) is 13.7 Å². The molecule has 36 heavy (non-hydrogen) atoms. The van der Waals surface area contributed by atoms with Crippen molar-refractivity contribution in [2.45, 2.75) is 174 Å². The van der Waals surface area contributed by atoms with Crippen LogP contribution in [0.15, 0.2) is 0 Å². The summed E-state index contributed by atoms with van der Waals surface area (Å²) in [7, 11) is -4.39.